The Morgan fingerprint density at radius 3 is 2.15 bits per heavy atom. The number of anilines is 1. The molecule has 1 fully saturated rings. The van der Waals surface area contributed by atoms with Crippen molar-refractivity contribution in [3.63, 3.8) is 0 Å². The Labute approximate surface area is 317 Å². The predicted octanol–water partition coefficient (Wildman–Crippen LogP) is 3.47. The average Bonchev–Trinajstić information content (AvgIpc) is 3.12. The topological polar surface area (TPSA) is 178 Å². The molecule has 0 aliphatic carbocycles. The van der Waals surface area contributed by atoms with Gasteiger partial charge in [0.05, 0.1) is 17.8 Å². The smallest absolute Gasteiger partial charge is 0.301 e. The Balaban J connectivity index is 1.59. The summed E-state index contributed by atoms with van der Waals surface area (Å²) in [6.07, 6.45) is 0.927. The van der Waals surface area contributed by atoms with Crippen molar-refractivity contribution in [3.8, 4) is 0 Å². The number of hydrogen-bond acceptors (Lipinski definition) is 7. The van der Waals surface area contributed by atoms with Crippen molar-refractivity contribution < 1.29 is 27.6 Å². The Hall–Kier alpha value is -4.50. The molecule has 1 aliphatic rings. The number of rotatable bonds is 16. The van der Waals surface area contributed by atoms with Crippen molar-refractivity contribution in [1.29, 1.82) is 0 Å². The molecule has 3 aromatic rings. The molecular formula is C38H50ClN7O6S. The molecule has 15 heteroatoms. The largest absolute Gasteiger partial charge is 0.355 e. The van der Waals surface area contributed by atoms with Crippen molar-refractivity contribution >= 4 is 51.1 Å². The van der Waals surface area contributed by atoms with Gasteiger partial charge in [0.15, 0.2) is 0 Å². The van der Waals surface area contributed by atoms with Crippen LogP contribution >= 0.6 is 11.6 Å². The zero-order chi connectivity index (χ0) is 38.7. The summed E-state index contributed by atoms with van der Waals surface area (Å²) in [5, 5.41) is 15.2. The summed E-state index contributed by atoms with van der Waals surface area (Å²) in [7, 11) is -3.91. The van der Waals surface area contributed by atoms with Gasteiger partial charge in [-0.25, -0.2) is 0 Å². The fraction of sp³-hybridized carbons (Fsp3) is 0.421. The van der Waals surface area contributed by atoms with Gasteiger partial charge in [0.25, 0.3) is 11.8 Å². The zero-order valence-electron chi connectivity index (χ0n) is 30.7. The van der Waals surface area contributed by atoms with Crippen LogP contribution < -0.4 is 35.6 Å². The van der Waals surface area contributed by atoms with Crippen LogP contribution in [0.3, 0.4) is 0 Å². The van der Waals surface area contributed by atoms with E-state index in [1.54, 1.807) is 32.0 Å². The molecule has 3 aromatic carbocycles. The molecule has 0 unspecified atom stereocenters. The van der Waals surface area contributed by atoms with Gasteiger partial charge in [-0.2, -0.15) is 13.1 Å². The lowest BCUT2D eigenvalue weighted by Gasteiger charge is -2.29. The lowest BCUT2D eigenvalue weighted by Crippen LogP contribution is -2.55. The quantitative estimate of drug-likeness (QED) is 0.129. The number of nitrogens with one attached hydrogen (secondary N) is 6. The van der Waals surface area contributed by atoms with Crippen LogP contribution in [0.4, 0.5) is 5.69 Å². The minimum atomic E-state index is -3.91. The van der Waals surface area contributed by atoms with Crippen LogP contribution in [0.1, 0.15) is 78.9 Å². The van der Waals surface area contributed by atoms with Crippen LogP contribution in [0.2, 0.25) is 5.02 Å². The molecule has 4 rings (SSSR count). The van der Waals surface area contributed by atoms with Crippen molar-refractivity contribution in [1.82, 2.24) is 31.3 Å². The lowest BCUT2D eigenvalue weighted by molar-refractivity contribution is -0.130. The summed E-state index contributed by atoms with van der Waals surface area (Å²) in [5.74, 6) is -1.82. The summed E-state index contributed by atoms with van der Waals surface area (Å²) >= 11 is 6.17. The molecule has 6 N–H and O–H groups in total. The first-order valence-corrected chi connectivity index (χ1v) is 19.6. The van der Waals surface area contributed by atoms with Crippen LogP contribution in [0.5, 0.6) is 0 Å². The van der Waals surface area contributed by atoms with Gasteiger partial charge in [-0.3, -0.25) is 23.5 Å². The minimum absolute atomic E-state index is 0.0781. The third-order valence-electron chi connectivity index (χ3n) is 8.86. The standard InChI is InChI=1S/C38H50ClN7O6S/c1-6-40-38(50)34(24(2)3)45-35(47)26(5)41-23-32(18-27-12-8-7-9-13-27)44-37(49)30-19-29(21-33(22-30)46-17-11-16-42-53(46,51)52)36(48)43-25(4)28-14-10-15-31(39)20-28/h7-10,12-15,19-22,24-26,32,34,41-42H,6,11,16-18,23H2,1-5H3,(H,40,50)(H,43,48)(H,44,49)(H,45,47)/t25-,26+,32+,34+/m1/s1. The van der Waals surface area contributed by atoms with E-state index in [0.29, 0.717) is 24.4 Å². The third kappa shape index (κ3) is 11.7. The predicted molar refractivity (Wildman–Crippen MR) is 207 cm³/mol. The van der Waals surface area contributed by atoms with E-state index in [2.05, 4.69) is 31.3 Å². The molecule has 0 bridgehead atoms. The Morgan fingerprint density at radius 1 is 0.849 bits per heavy atom. The van der Waals surface area contributed by atoms with Gasteiger partial charge in [-0.05, 0) is 81.0 Å². The highest BCUT2D eigenvalue weighted by atomic mass is 35.5. The lowest BCUT2D eigenvalue weighted by atomic mass is 10.0. The van der Waals surface area contributed by atoms with E-state index in [1.807, 2.05) is 57.2 Å². The second kappa shape index (κ2) is 19.0. The summed E-state index contributed by atoms with van der Waals surface area (Å²) in [6, 6.07) is 18.5. The number of benzene rings is 3. The highest BCUT2D eigenvalue weighted by Gasteiger charge is 2.29. The molecule has 0 saturated carbocycles. The van der Waals surface area contributed by atoms with E-state index in [9.17, 15) is 27.6 Å². The van der Waals surface area contributed by atoms with E-state index in [0.717, 1.165) is 15.4 Å². The van der Waals surface area contributed by atoms with Gasteiger partial charge < -0.3 is 26.6 Å². The molecule has 1 heterocycles. The number of halogens is 1. The maximum absolute atomic E-state index is 14.0. The molecule has 4 atom stereocenters. The molecule has 1 aliphatic heterocycles. The summed E-state index contributed by atoms with van der Waals surface area (Å²) < 4.78 is 29.7. The van der Waals surface area contributed by atoms with E-state index >= 15 is 0 Å². The normalized spacial score (nSPS) is 16.2. The Morgan fingerprint density at radius 2 is 1.53 bits per heavy atom. The van der Waals surface area contributed by atoms with Crippen molar-refractivity contribution in [3.05, 3.63) is 100 Å². The Bertz CT molecular complexity index is 1860. The summed E-state index contributed by atoms with van der Waals surface area (Å²) in [4.78, 5) is 53.4. The maximum Gasteiger partial charge on any atom is 0.301 e. The summed E-state index contributed by atoms with van der Waals surface area (Å²) in [5.41, 5.74) is 2.04. The first-order valence-electron chi connectivity index (χ1n) is 17.8. The first-order chi connectivity index (χ1) is 25.2. The SMILES string of the molecule is CCNC(=O)[C@@H](NC(=O)[C@H](C)NC[C@H](Cc1ccccc1)NC(=O)c1cc(C(=O)N[C@H](C)c2cccc(Cl)c2)cc(N2CCCNS2(=O)=O)c1)C(C)C. The first kappa shape index (κ1) is 41.3. The van der Waals surface area contributed by atoms with Gasteiger partial charge in [-0.15, -0.1) is 0 Å². The third-order valence-corrected chi connectivity index (χ3v) is 10.6. The number of likely N-dealkylation sites (N-methyl/N-ethyl adjacent to an activating group) is 1. The van der Waals surface area contributed by atoms with Crippen LogP contribution in [0.25, 0.3) is 0 Å². The molecule has 0 spiro atoms. The second-order valence-electron chi connectivity index (χ2n) is 13.5. The molecule has 13 nitrogen and oxygen atoms in total. The van der Waals surface area contributed by atoms with Crippen molar-refractivity contribution in [2.75, 3.05) is 30.5 Å². The van der Waals surface area contributed by atoms with E-state index in [-0.39, 0.29) is 54.2 Å². The van der Waals surface area contributed by atoms with Gasteiger partial charge in [-0.1, -0.05) is 67.9 Å². The number of amides is 4. The average molecular weight is 768 g/mol. The minimum Gasteiger partial charge on any atom is -0.355 e. The van der Waals surface area contributed by atoms with Crippen LogP contribution in [0.15, 0.2) is 72.8 Å². The highest BCUT2D eigenvalue weighted by molar-refractivity contribution is 7.90. The van der Waals surface area contributed by atoms with Crippen LogP contribution in [0, 0.1) is 5.92 Å². The molecule has 1 saturated heterocycles. The number of carbonyl (C=O) groups is 4. The van der Waals surface area contributed by atoms with Crippen LogP contribution in [-0.4, -0.2) is 76.4 Å². The van der Waals surface area contributed by atoms with Gasteiger partial charge in [0.1, 0.15) is 6.04 Å². The molecule has 0 aromatic heterocycles. The van der Waals surface area contributed by atoms with E-state index in [1.165, 1.54) is 18.2 Å². The zero-order valence-corrected chi connectivity index (χ0v) is 32.3. The molecule has 286 valence electrons. The molecule has 0 radical (unpaired) electrons. The highest BCUT2D eigenvalue weighted by Crippen LogP contribution is 2.25. The van der Waals surface area contributed by atoms with Gasteiger partial charge in [0.2, 0.25) is 11.8 Å². The van der Waals surface area contributed by atoms with Gasteiger partial charge >= 0.3 is 10.2 Å². The maximum atomic E-state index is 14.0. The monoisotopic (exact) mass is 767 g/mol. The fourth-order valence-electron chi connectivity index (χ4n) is 5.90. The Kier molecular flexibility index (Phi) is 14.8. The van der Waals surface area contributed by atoms with E-state index < -0.39 is 46.2 Å². The van der Waals surface area contributed by atoms with E-state index in [4.69, 9.17) is 11.6 Å². The summed E-state index contributed by atoms with van der Waals surface area (Å²) in [6.45, 7) is 10.0. The van der Waals surface area contributed by atoms with Crippen molar-refractivity contribution in [2.24, 2.45) is 5.92 Å². The molecular weight excluding hydrogens is 718 g/mol. The second-order valence-corrected chi connectivity index (χ2v) is 15.6. The number of hydrogen-bond donors (Lipinski definition) is 6. The van der Waals surface area contributed by atoms with Gasteiger partial charge in [0, 0.05) is 48.4 Å². The number of carbonyl (C=O) groups excluding carboxylic acids is 4. The molecule has 53 heavy (non-hydrogen) atoms. The molecule has 4 amide bonds. The van der Waals surface area contributed by atoms with Crippen molar-refractivity contribution in [2.45, 2.75) is 71.6 Å². The fourth-order valence-corrected chi connectivity index (χ4v) is 7.41. The van der Waals surface area contributed by atoms with Crippen LogP contribution in [-0.2, 0) is 26.2 Å². The number of nitrogens with zero attached hydrogens (tertiary/aromatic N) is 1.